The van der Waals surface area contributed by atoms with Gasteiger partial charge in [0.1, 0.15) is 17.3 Å². The van der Waals surface area contributed by atoms with Gasteiger partial charge in [0.15, 0.2) is 0 Å². The summed E-state index contributed by atoms with van der Waals surface area (Å²) >= 11 is 0. The van der Waals surface area contributed by atoms with Gasteiger partial charge in [-0.1, -0.05) is 0 Å². The molecule has 0 spiro atoms. The Balaban J connectivity index is 1.97. The first-order valence-electron chi connectivity index (χ1n) is 5.33. The van der Waals surface area contributed by atoms with Crippen molar-refractivity contribution in [3.63, 3.8) is 0 Å². The summed E-state index contributed by atoms with van der Waals surface area (Å²) in [6, 6.07) is 12.9. The average molecular weight is 257 g/mol. The van der Waals surface area contributed by atoms with Gasteiger partial charge in [0.05, 0.1) is 11.6 Å². The molecule has 0 aliphatic carbocycles. The van der Waals surface area contributed by atoms with Crippen LogP contribution >= 0.6 is 0 Å². The summed E-state index contributed by atoms with van der Waals surface area (Å²) in [5.41, 5.74) is 0.458. The summed E-state index contributed by atoms with van der Waals surface area (Å²) < 4.78 is 22.4. The molecular weight excluding hydrogens is 249 g/mol. The maximum Gasteiger partial charge on any atom is 0.519 e. The molecule has 0 heterocycles. The number of hydrogen-bond donors (Lipinski definition) is 0. The van der Waals surface area contributed by atoms with Gasteiger partial charge in [-0.3, -0.25) is 0 Å². The lowest BCUT2D eigenvalue weighted by molar-refractivity contribution is 0.152. The molecule has 0 saturated carbocycles. The smallest absolute Gasteiger partial charge is 0.395 e. The summed E-state index contributed by atoms with van der Waals surface area (Å²) in [6.07, 6.45) is -0.934. The molecule has 0 amide bonds. The van der Waals surface area contributed by atoms with Crippen LogP contribution in [0.2, 0.25) is 0 Å². The highest BCUT2D eigenvalue weighted by atomic mass is 19.1. The molecule has 0 aromatic heterocycles. The van der Waals surface area contributed by atoms with Gasteiger partial charge in [-0.05, 0) is 48.5 Å². The molecule has 0 atom stereocenters. The number of halogens is 1. The molecule has 0 saturated heterocycles. The molecule has 0 radical (unpaired) electrons. The van der Waals surface area contributed by atoms with Crippen molar-refractivity contribution >= 4 is 6.16 Å². The largest absolute Gasteiger partial charge is 0.519 e. The van der Waals surface area contributed by atoms with Gasteiger partial charge in [0.25, 0.3) is 0 Å². The lowest BCUT2D eigenvalue weighted by atomic mass is 10.2. The second kappa shape index (κ2) is 5.65. The van der Waals surface area contributed by atoms with Crippen LogP contribution in [0.15, 0.2) is 48.5 Å². The van der Waals surface area contributed by atoms with Crippen molar-refractivity contribution in [3.8, 4) is 17.6 Å². The molecule has 2 rings (SSSR count). The Bertz CT molecular complexity index is 615. The second-order valence-corrected chi connectivity index (χ2v) is 3.54. The molecule has 0 fully saturated rings. The fraction of sp³-hybridized carbons (Fsp3) is 0. The van der Waals surface area contributed by atoms with Crippen LogP contribution in [0.5, 0.6) is 11.5 Å². The number of ether oxygens (including phenoxy) is 2. The van der Waals surface area contributed by atoms with E-state index in [4.69, 9.17) is 14.7 Å². The fourth-order valence-corrected chi connectivity index (χ4v) is 1.31. The van der Waals surface area contributed by atoms with Gasteiger partial charge in [-0.15, -0.1) is 0 Å². The van der Waals surface area contributed by atoms with Crippen molar-refractivity contribution in [1.82, 2.24) is 0 Å². The van der Waals surface area contributed by atoms with Gasteiger partial charge < -0.3 is 9.47 Å². The van der Waals surface area contributed by atoms with Crippen LogP contribution in [0.25, 0.3) is 0 Å². The van der Waals surface area contributed by atoms with Crippen LogP contribution in [-0.4, -0.2) is 6.16 Å². The molecule has 4 nitrogen and oxygen atoms in total. The summed E-state index contributed by atoms with van der Waals surface area (Å²) in [6.45, 7) is 0. The van der Waals surface area contributed by atoms with E-state index in [1.807, 2.05) is 6.07 Å². The molecule has 5 heteroatoms. The fourth-order valence-electron chi connectivity index (χ4n) is 1.31. The van der Waals surface area contributed by atoms with Gasteiger partial charge >= 0.3 is 6.16 Å². The number of benzene rings is 2. The van der Waals surface area contributed by atoms with Crippen LogP contribution in [-0.2, 0) is 0 Å². The zero-order valence-electron chi connectivity index (χ0n) is 9.67. The quantitative estimate of drug-likeness (QED) is 0.612. The zero-order valence-corrected chi connectivity index (χ0v) is 9.67. The van der Waals surface area contributed by atoms with Gasteiger partial charge in [-0.2, -0.15) is 5.26 Å². The first-order valence-corrected chi connectivity index (χ1v) is 5.33. The van der Waals surface area contributed by atoms with E-state index in [1.165, 1.54) is 48.5 Å². The lowest BCUT2D eigenvalue weighted by Gasteiger charge is -2.05. The summed E-state index contributed by atoms with van der Waals surface area (Å²) in [5.74, 6) is 0.0129. The maximum atomic E-state index is 12.6. The highest BCUT2D eigenvalue weighted by molar-refractivity contribution is 5.67. The van der Waals surface area contributed by atoms with Crippen LogP contribution in [0.3, 0.4) is 0 Å². The van der Waals surface area contributed by atoms with Gasteiger partial charge in [0.2, 0.25) is 0 Å². The van der Waals surface area contributed by atoms with Crippen LogP contribution in [0.4, 0.5) is 9.18 Å². The highest BCUT2D eigenvalue weighted by Crippen LogP contribution is 2.15. The van der Waals surface area contributed by atoms with E-state index in [0.29, 0.717) is 5.56 Å². The minimum absolute atomic E-state index is 0.181. The van der Waals surface area contributed by atoms with Crippen molar-refractivity contribution in [3.05, 3.63) is 59.9 Å². The number of carbonyl (C=O) groups excluding carboxylic acids is 1. The Morgan fingerprint density at radius 2 is 1.42 bits per heavy atom. The Morgan fingerprint density at radius 1 is 0.947 bits per heavy atom. The number of rotatable bonds is 2. The molecule has 0 unspecified atom stereocenters. The van der Waals surface area contributed by atoms with Crippen molar-refractivity contribution < 1.29 is 18.7 Å². The van der Waals surface area contributed by atoms with Crippen molar-refractivity contribution in [2.75, 3.05) is 0 Å². The predicted octanol–water partition coefficient (Wildman–Crippen LogP) is 3.28. The molecular formula is C14H8FNO3. The zero-order chi connectivity index (χ0) is 13.7. The SMILES string of the molecule is N#Cc1ccc(OC(=O)Oc2ccc(F)cc2)cc1. The van der Waals surface area contributed by atoms with Crippen molar-refractivity contribution in [2.24, 2.45) is 0 Å². The predicted molar refractivity (Wildman–Crippen MR) is 64.2 cm³/mol. The highest BCUT2D eigenvalue weighted by Gasteiger charge is 2.07. The normalized spacial score (nSPS) is 9.47. The topological polar surface area (TPSA) is 59.3 Å². The Morgan fingerprint density at radius 3 is 1.89 bits per heavy atom. The van der Waals surface area contributed by atoms with Crippen LogP contribution in [0, 0.1) is 17.1 Å². The number of nitriles is 1. The number of carbonyl (C=O) groups is 1. The van der Waals surface area contributed by atoms with Crippen molar-refractivity contribution in [1.29, 1.82) is 5.26 Å². The molecule has 2 aromatic carbocycles. The standard InChI is InChI=1S/C14H8FNO3/c15-11-3-7-13(8-4-11)19-14(17)18-12-5-1-10(9-16)2-6-12/h1-8H. The summed E-state index contributed by atoms with van der Waals surface area (Å²) in [4.78, 5) is 11.4. The third-order valence-corrected chi connectivity index (χ3v) is 2.20. The van der Waals surface area contributed by atoms with E-state index in [9.17, 15) is 9.18 Å². The summed E-state index contributed by atoms with van der Waals surface area (Å²) in [5, 5.41) is 8.61. The Hall–Kier alpha value is -2.87. The first kappa shape index (κ1) is 12.6. The third-order valence-electron chi connectivity index (χ3n) is 2.20. The second-order valence-electron chi connectivity index (χ2n) is 3.54. The Kier molecular flexibility index (Phi) is 3.74. The van der Waals surface area contributed by atoms with E-state index in [1.54, 1.807) is 0 Å². The number of nitrogens with zero attached hydrogens (tertiary/aromatic N) is 1. The molecule has 0 bridgehead atoms. The van der Waals surface area contributed by atoms with E-state index < -0.39 is 12.0 Å². The van der Waals surface area contributed by atoms with E-state index in [2.05, 4.69) is 0 Å². The average Bonchev–Trinajstić information content (AvgIpc) is 2.42. The van der Waals surface area contributed by atoms with E-state index in [-0.39, 0.29) is 11.5 Å². The van der Waals surface area contributed by atoms with Crippen molar-refractivity contribution in [2.45, 2.75) is 0 Å². The van der Waals surface area contributed by atoms with Crippen LogP contribution in [0.1, 0.15) is 5.56 Å². The molecule has 94 valence electrons. The minimum Gasteiger partial charge on any atom is -0.395 e. The minimum atomic E-state index is -0.934. The summed E-state index contributed by atoms with van der Waals surface area (Å²) in [7, 11) is 0. The first-order chi connectivity index (χ1) is 9.17. The molecule has 0 N–H and O–H groups in total. The van der Waals surface area contributed by atoms with Gasteiger partial charge in [0, 0.05) is 0 Å². The molecule has 2 aromatic rings. The molecule has 19 heavy (non-hydrogen) atoms. The van der Waals surface area contributed by atoms with E-state index in [0.717, 1.165) is 0 Å². The van der Waals surface area contributed by atoms with Crippen LogP contribution < -0.4 is 9.47 Å². The third kappa shape index (κ3) is 3.54. The van der Waals surface area contributed by atoms with E-state index >= 15 is 0 Å². The van der Waals surface area contributed by atoms with Gasteiger partial charge in [-0.25, -0.2) is 9.18 Å². The Labute approximate surface area is 108 Å². The lowest BCUT2D eigenvalue weighted by Crippen LogP contribution is -2.13. The monoisotopic (exact) mass is 257 g/mol. The number of hydrogen-bond acceptors (Lipinski definition) is 4. The maximum absolute atomic E-state index is 12.6. The molecule has 0 aliphatic rings. The molecule has 0 aliphatic heterocycles.